The minimum absolute atomic E-state index is 0.135. The van der Waals surface area contributed by atoms with Crippen LogP contribution in [0, 0.1) is 0 Å². The predicted octanol–water partition coefficient (Wildman–Crippen LogP) is 3.98. The molecule has 2 heterocycles. The Morgan fingerprint density at radius 3 is 2.06 bits per heavy atom. The second-order valence-electron chi connectivity index (χ2n) is 10.0. The predicted molar refractivity (Wildman–Crippen MR) is 132 cm³/mol. The summed E-state index contributed by atoms with van der Waals surface area (Å²) in [6, 6.07) is 18.1. The number of carbonyl (C=O) groups is 3. The lowest BCUT2D eigenvalue weighted by Crippen LogP contribution is -2.57. The van der Waals surface area contributed by atoms with Gasteiger partial charge in [0.15, 0.2) is 6.04 Å². The highest BCUT2D eigenvalue weighted by atomic mass is 16.6. The van der Waals surface area contributed by atoms with E-state index < -0.39 is 23.2 Å². The lowest BCUT2D eigenvalue weighted by atomic mass is 9.85. The lowest BCUT2D eigenvalue weighted by Gasteiger charge is -2.43. The molecular weight excluding hydrogens is 446 g/mol. The topological polar surface area (TPSA) is 79.4 Å². The molecule has 4 rings (SSSR count). The number of benzene rings is 2. The Kier molecular flexibility index (Phi) is 6.74. The molecule has 0 aromatic heterocycles. The molecule has 35 heavy (non-hydrogen) atoms. The zero-order valence-corrected chi connectivity index (χ0v) is 20.8. The van der Waals surface area contributed by atoms with Crippen molar-refractivity contribution in [1.82, 2.24) is 9.80 Å². The molecule has 2 fully saturated rings. The Labute approximate surface area is 206 Å². The largest absolute Gasteiger partial charge is 0.467 e. The number of carbonyl (C=O) groups excluding carboxylic acids is 3. The van der Waals surface area contributed by atoms with E-state index in [0.29, 0.717) is 31.5 Å². The fourth-order valence-electron chi connectivity index (χ4n) is 4.93. The van der Waals surface area contributed by atoms with Crippen molar-refractivity contribution >= 4 is 23.7 Å². The van der Waals surface area contributed by atoms with Gasteiger partial charge < -0.3 is 24.2 Å². The number of rotatable bonds is 4. The molecule has 1 spiro atoms. The maximum Gasteiger partial charge on any atom is 0.410 e. The van der Waals surface area contributed by atoms with Crippen LogP contribution in [0.25, 0.3) is 0 Å². The minimum atomic E-state index is -0.874. The number of nitrogens with zero attached hydrogens (tertiary/aromatic N) is 3. The van der Waals surface area contributed by atoms with Crippen molar-refractivity contribution in [2.45, 2.75) is 50.8 Å². The maximum atomic E-state index is 14.1. The number of likely N-dealkylation sites (tertiary alicyclic amines) is 1. The Morgan fingerprint density at radius 1 is 0.943 bits per heavy atom. The third-order valence-electron chi connectivity index (χ3n) is 6.63. The van der Waals surface area contributed by atoms with Crippen molar-refractivity contribution in [3.8, 4) is 0 Å². The van der Waals surface area contributed by atoms with Crippen LogP contribution in [-0.2, 0) is 19.1 Å². The van der Waals surface area contributed by atoms with Gasteiger partial charge in [-0.2, -0.15) is 0 Å². The summed E-state index contributed by atoms with van der Waals surface area (Å²) >= 11 is 0. The van der Waals surface area contributed by atoms with E-state index in [9.17, 15) is 14.4 Å². The van der Waals surface area contributed by atoms with Crippen molar-refractivity contribution in [3.05, 3.63) is 66.2 Å². The Morgan fingerprint density at radius 2 is 1.51 bits per heavy atom. The molecule has 8 nitrogen and oxygen atoms in total. The fraction of sp³-hybridized carbons (Fsp3) is 0.444. The normalized spacial score (nSPS) is 18.5. The Balaban J connectivity index is 1.67. The Hall–Kier alpha value is -3.55. The van der Waals surface area contributed by atoms with Crippen LogP contribution in [0.4, 0.5) is 10.5 Å². The quantitative estimate of drug-likeness (QED) is 0.618. The van der Waals surface area contributed by atoms with Crippen molar-refractivity contribution < 1.29 is 23.9 Å². The highest BCUT2D eigenvalue weighted by Gasteiger charge is 2.56. The van der Waals surface area contributed by atoms with Gasteiger partial charge in [-0.05, 0) is 51.3 Å². The first-order valence-corrected chi connectivity index (χ1v) is 11.9. The molecule has 2 aromatic rings. The standard InChI is InChI=1S/C27H33N3O5/c1-26(2,3)35-25(33)28-17-15-27(16-18-28)24(32)29(19-30(27)21-13-9-6-10-14-21)22(23(31)34-4)20-11-7-5-8-12-20/h5-14,22H,15-19H2,1-4H3/t22-/m1/s1. The van der Waals surface area contributed by atoms with Gasteiger partial charge in [-0.3, -0.25) is 4.79 Å². The number of para-hydroxylation sites is 1. The molecule has 2 aromatic carbocycles. The summed E-state index contributed by atoms with van der Waals surface area (Å²) in [5.41, 5.74) is 0.127. The van der Waals surface area contributed by atoms with Crippen molar-refractivity contribution in [3.63, 3.8) is 0 Å². The number of amides is 2. The first kappa shape index (κ1) is 24.6. The van der Waals surface area contributed by atoms with Gasteiger partial charge in [0.25, 0.3) is 5.91 Å². The smallest absolute Gasteiger partial charge is 0.410 e. The van der Waals surface area contributed by atoms with Gasteiger partial charge in [0, 0.05) is 18.8 Å². The lowest BCUT2D eigenvalue weighted by molar-refractivity contribution is -0.152. The molecule has 8 heteroatoms. The second-order valence-corrected chi connectivity index (χ2v) is 10.0. The van der Waals surface area contributed by atoms with E-state index in [2.05, 4.69) is 4.90 Å². The van der Waals surface area contributed by atoms with E-state index in [1.165, 1.54) is 7.11 Å². The molecule has 2 aliphatic heterocycles. The molecule has 2 saturated heterocycles. The van der Waals surface area contributed by atoms with E-state index in [4.69, 9.17) is 9.47 Å². The van der Waals surface area contributed by atoms with Gasteiger partial charge in [0.2, 0.25) is 0 Å². The van der Waals surface area contributed by atoms with Crippen LogP contribution < -0.4 is 4.90 Å². The first-order chi connectivity index (χ1) is 16.7. The highest BCUT2D eigenvalue weighted by Crippen LogP contribution is 2.42. The molecule has 0 saturated carbocycles. The van der Waals surface area contributed by atoms with Crippen molar-refractivity contribution in [2.75, 3.05) is 31.8 Å². The van der Waals surface area contributed by atoms with Crippen LogP contribution in [0.1, 0.15) is 45.2 Å². The number of hydrogen-bond acceptors (Lipinski definition) is 6. The summed E-state index contributed by atoms with van der Waals surface area (Å²) in [7, 11) is 1.34. The molecule has 0 N–H and O–H groups in total. The number of methoxy groups -OCH3 is 1. The number of anilines is 1. The van der Waals surface area contributed by atoms with Crippen molar-refractivity contribution in [2.24, 2.45) is 0 Å². The molecule has 2 aliphatic rings. The summed E-state index contributed by atoms with van der Waals surface area (Å²) < 4.78 is 10.7. The average molecular weight is 480 g/mol. The van der Waals surface area contributed by atoms with Crippen LogP contribution in [-0.4, -0.2) is 65.8 Å². The molecule has 2 amide bonds. The highest BCUT2D eigenvalue weighted by molar-refractivity contribution is 5.97. The summed E-state index contributed by atoms with van der Waals surface area (Å²) in [6.07, 6.45) is 0.482. The van der Waals surface area contributed by atoms with Crippen LogP contribution >= 0.6 is 0 Å². The van der Waals surface area contributed by atoms with E-state index in [1.807, 2.05) is 81.4 Å². The number of esters is 1. The summed E-state index contributed by atoms with van der Waals surface area (Å²) in [5, 5.41) is 0. The van der Waals surface area contributed by atoms with Crippen LogP contribution in [0.5, 0.6) is 0 Å². The van der Waals surface area contributed by atoms with Gasteiger partial charge in [-0.15, -0.1) is 0 Å². The zero-order chi connectivity index (χ0) is 25.2. The number of hydrogen-bond donors (Lipinski definition) is 0. The molecule has 1 atom stereocenters. The summed E-state index contributed by atoms with van der Waals surface area (Å²) in [5.74, 6) is -0.620. The summed E-state index contributed by atoms with van der Waals surface area (Å²) in [4.78, 5) is 45.1. The molecule has 186 valence electrons. The zero-order valence-electron chi connectivity index (χ0n) is 20.8. The van der Waals surface area contributed by atoms with E-state index in [1.54, 1.807) is 9.80 Å². The van der Waals surface area contributed by atoms with E-state index >= 15 is 0 Å². The van der Waals surface area contributed by atoms with Crippen LogP contribution in [0.15, 0.2) is 60.7 Å². The number of ether oxygens (including phenoxy) is 2. The van der Waals surface area contributed by atoms with Gasteiger partial charge in [-0.25, -0.2) is 9.59 Å². The van der Waals surface area contributed by atoms with Crippen LogP contribution in [0.3, 0.4) is 0 Å². The average Bonchev–Trinajstić information content (AvgIpc) is 3.11. The second kappa shape index (κ2) is 9.60. The van der Waals surface area contributed by atoms with E-state index in [-0.39, 0.29) is 18.7 Å². The van der Waals surface area contributed by atoms with Gasteiger partial charge in [0.05, 0.1) is 13.8 Å². The molecule has 0 bridgehead atoms. The molecule has 0 aliphatic carbocycles. The Bertz CT molecular complexity index is 1060. The van der Waals surface area contributed by atoms with Crippen LogP contribution in [0.2, 0.25) is 0 Å². The van der Waals surface area contributed by atoms with Gasteiger partial charge in [-0.1, -0.05) is 48.5 Å². The molecule has 0 unspecified atom stereocenters. The minimum Gasteiger partial charge on any atom is -0.467 e. The third kappa shape index (κ3) is 4.83. The van der Waals surface area contributed by atoms with Gasteiger partial charge >= 0.3 is 12.1 Å². The van der Waals surface area contributed by atoms with Crippen molar-refractivity contribution in [1.29, 1.82) is 0 Å². The first-order valence-electron chi connectivity index (χ1n) is 11.9. The monoisotopic (exact) mass is 479 g/mol. The third-order valence-corrected chi connectivity index (χ3v) is 6.63. The fourth-order valence-corrected chi connectivity index (χ4v) is 4.93. The molecular formula is C27H33N3O5. The number of piperidine rings is 1. The van der Waals surface area contributed by atoms with E-state index in [0.717, 1.165) is 5.69 Å². The SMILES string of the molecule is COC(=O)[C@@H](c1ccccc1)N1CN(c2ccccc2)C2(CCN(C(=O)OC(C)(C)C)CC2)C1=O. The maximum absolute atomic E-state index is 14.1. The molecule has 0 radical (unpaired) electrons. The summed E-state index contributed by atoms with van der Waals surface area (Å²) in [6.45, 7) is 6.51. The van der Waals surface area contributed by atoms with Gasteiger partial charge in [0.1, 0.15) is 11.1 Å².